The summed E-state index contributed by atoms with van der Waals surface area (Å²) in [5.41, 5.74) is 1.28. The van der Waals surface area contributed by atoms with Crippen LogP contribution in [0.25, 0.3) is 0 Å². The lowest BCUT2D eigenvalue weighted by molar-refractivity contribution is -0.116. The zero-order valence-electron chi connectivity index (χ0n) is 15.5. The largest absolute Gasteiger partial charge is 0.492 e. The molecule has 1 amide bonds. The van der Waals surface area contributed by atoms with Gasteiger partial charge in [-0.1, -0.05) is 29.8 Å². The van der Waals surface area contributed by atoms with Gasteiger partial charge in [-0.2, -0.15) is 0 Å². The first-order valence-electron chi connectivity index (χ1n) is 8.48. The van der Waals surface area contributed by atoms with Gasteiger partial charge in [0.25, 0.3) is 0 Å². The molecule has 0 unspecified atom stereocenters. The number of benzene rings is 2. The molecular weight excluding hydrogens is 388 g/mol. The molecule has 27 heavy (non-hydrogen) atoms. The highest BCUT2D eigenvalue weighted by molar-refractivity contribution is 7.89. The highest BCUT2D eigenvalue weighted by atomic mass is 35.5. The summed E-state index contributed by atoms with van der Waals surface area (Å²) in [5.74, 6) is 0.0209. The van der Waals surface area contributed by atoms with Crippen LogP contribution in [0.5, 0.6) is 5.75 Å². The van der Waals surface area contributed by atoms with E-state index in [0.717, 1.165) is 9.87 Å². The van der Waals surface area contributed by atoms with Crippen LogP contribution in [0.15, 0.2) is 47.4 Å². The number of hydrogen-bond acceptors (Lipinski definition) is 4. The highest BCUT2D eigenvalue weighted by Crippen LogP contribution is 2.29. The van der Waals surface area contributed by atoms with Gasteiger partial charge in [0.2, 0.25) is 15.9 Å². The molecule has 0 spiro atoms. The molecule has 146 valence electrons. The maximum atomic E-state index is 12.5. The maximum absolute atomic E-state index is 12.5. The molecular formula is C19H23ClN2O4S. The van der Waals surface area contributed by atoms with E-state index in [9.17, 15) is 13.2 Å². The van der Waals surface area contributed by atoms with Crippen LogP contribution >= 0.6 is 11.6 Å². The zero-order chi connectivity index (χ0) is 20.0. The number of nitrogens with one attached hydrogen (secondary N) is 1. The molecule has 2 rings (SSSR count). The van der Waals surface area contributed by atoms with Gasteiger partial charge in [0.15, 0.2) is 0 Å². The molecule has 0 saturated heterocycles. The molecule has 1 N–H and O–H groups in total. The van der Waals surface area contributed by atoms with E-state index >= 15 is 0 Å². The zero-order valence-corrected chi connectivity index (χ0v) is 17.1. The van der Waals surface area contributed by atoms with Crippen molar-refractivity contribution in [2.75, 3.05) is 26.0 Å². The van der Waals surface area contributed by atoms with Crippen LogP contribution in [0, 0.1) is 0 Å². The Bertz CT molecular complexity index is 914. The lowest BCUT2D eigenvalue weighted by Crippen LogP contribution is -2.23. The topological polar surface area (TPSA) is 75.7 Å². The van der Waals surface area contributed by atoms with Crippen LogP contribution in [-0.2, 0) is 21.2 Å². The van der Waals surface area contributed by atoms with E-state index < -0.39 is 10.0 Å². The molecule has 0 aromatic heterocycles. The van der Waals surface area contributed by atoms with Gasteiger partial charge in [-0.15, -0.1) is 0 Å². The molecule has 0 aliphatic heterocycles. The number of anilines is 1. The predicted octanol–water partition coefficient (Wildman–Crippen LogP) is 3.56. The van der Waals surface area contributed by atoms with Crippen LogP contribution in [-0.4, -0.2) is 39.3 Å². The second-order valence-electron chi connectivity index (χ2n) is 6.02. The van der Waals surface area contributed by atoms with Crippen LogP contribution in [0.3, 0.4) is 0 Å². The molecule has 2 aromatic carbocycles. The predicted molar refractivity (Wildman–Crippen MR) is 107 cm³/mol. The third kappa shape index (κ3) is 5.45. The highest BCUT2D eigenvalue weighted by Gasteiger charge is 2.23. The summed E-state index contributed by atoms with van der Waals surface area (Å²) in [4.78, 5) is 12.3. The molecule has 0 radical (unpaired) electrons. The molecule has 0 heterocycles. The van der Waals surface area contributed by atoms with Gasteiger partial charge in [0.1, 0.15) is 10.6 Å². The lowest BCUT2D eigenvalue weighted by atomic mass is 10.1. The summed E-state index contributed by atoms with van der Waals surface area (Å²) < 4.78 is 31.6. The van der Waals surface area contributed by atoms with E-state index in [1.165, 1.54) is 20.2 Å². The summed E-state index contributed by atoms with van der Waals surface area (Å²) in [6.07, 6.45) is 0.720. The molecule has 0 bridgehead atoms. The van der Waals surface area contributed by atoms with Crippen LogP contribution in [0.2, 0.25) is 5.02 Å². The first-order chi connectivity index (χ1) is 12.8. The summed E-state index contributed by atoms with van der Waals surface area (Å²) >= 11 is 6.10. The average Bonchev–Trinajstić information content (AvgIpc) is 2.62. The summed E-state index contributed by atoms with van der Waals surface area (Å²) in [5, 5.41) is 3.35. The normalized spacial score (nSPS) is 11.4. The minimum absolute atomic E-state index is 0.0123. The Hall–Kier alpha value is -2.09. The van der Waals surface area contributed by atoms with Gasteiger partial charge in [0, 0.05) is 31.2 Å². The van der Waals surface area contributed by atoms with Gasteiger partial charge in [-0.05, 0) is 43.2 Å². The molecule has 0 aliphatic carbocycles. The fourth-order valence-electron chi connectivity index (χ4n) is 2.43. The Morgan fingerprint density at radius 3 is 2.52 bits per heavy atom. The van der Waals surface area contributed by atoms with E-state index in [4.69, 9.17) is 16.3 Å². The van der Waals surface area contributed by atoms with Crippen molar-refractivity contribution < 1.29 is 17.9 Å². The van der Waals surface area contributed by atoms with Crippen molar-refractivity contribution in [2.45, 2.75) is 24.7 Å². The molecule has 0 aliphatic rings. The summed E-state index contributed by atoms with van der Waals surface area (Å²) in [6.45, 7) is 2.11. The third-order valence-electron chi connectivity index (χ3n) is 3.87. The fraction of sp³-hybridized carbons (Fsp3) is 0.316. The monoisotopic (exact) mass is 410 g/mol. The standard InChI is InChI=1S/C19H23ClN2O4S/c1-4-26-17-11-10-15(13-18(17)27(24,25)22(2)3)21-19(23)12-9-14-7-5-6-8-16(14)20/h5-8,10-11,13H,4,9,12H2,1-3H3,(H,21,23). The van der Waals surface area contributed by atoms with E-state index in [1.807, 2.05) is 18.2 Å². The van der Waals surface area contributed by atoms with Crippen LogP contribution in [0.1, 0.15) is 18.9 Å². The van der Waals surface area contributed by atoms with Gasteiger partial charge < -0.3 is 10.1 Å². The first-order valence-corrected chi connectivity index (χ1v) is 10.3. The number of sulfonamides is 1. The van der Waals surface area contributed by atoms with Crippen molar-refractivity contribution in [3.05, 3.63) is 53.1 Å². The molecule has 8 heteroatoms. The number of hydrogen-bond donors (Lipinski definition) is 1. The molecule has 0 fully saturated rings. The quantitative estimate of drug-likeness (QED) is 0.721. The Labute approximate surface area is 165 Å². The number of amides is 1. The SMILES string of the molecule is CCOc1ccc(NC(=O)CCc2ccccc2Cl)cc1S(=O)(=O)N(C)C. The Kier molecular flexibility index (Phi) is 7.24. The van der Waals surface area contributed by atoms with E-state index in [0.29, 0.717) is 23.7 Å². The summed E-state index contributed by atoms with van der Waals surface area (Å²) in [6, 6.07) is 11.9. The number of carbonyl (C=O) groups excluding carboxylic acids is 1. The second kappa shape index (κ2) is 9.21. The fourth-order valence-corrected chi connectivity index (χ4v) is 3.71. The maximum Gasteiger partial charge on any atom is 0.246 e. The van der Waals surface area contributed by atoms with Gasteiger partial charge in [0.05, 0.1) is 6.61 Å². The van der Waals surface area contributed by atoms with E-state index in [1.54, 1.807) is 25.1 Å². The Morgan fingerprint density at radius 1 is 1.19 bits per heavy atom. The molecule has 6 nitrogen and oxygen atoms in total. The summed E-state index contributed by atoms with van der Waals surface area (Å²) in [7, 11) is -0.821. The third-order valence-corrected chi connectivity index (χ3v) is 6.07. The number of ether oxygens (including phenoxy) is 1. The molecule has 0 atom stereocenters. The van der Waals surface area contributed by atoms with Crippen molar-refractivity contribution in [3.63, 3.8) is 0 Å². The van der Waals surface area contributed by atoms with Gasteiger partial charge >= 0.3 is 0 Å². The number of carbonyl (C=O) groups is 1. The van der Waals surface area contributed by atoms with E-state index in [-0.39, 0.29) is 23.0 Å². The Balaban J connectivity index is 2.16. The van der Waals surface area contributed by atoms with Crippen LogP contribution in [0.4, 0.5) is 5.69 Å². The second-order valence-corrected chi connectivity index (χ2v) is 8.55. The Morgan fingerprint density at radius 2 is 1.89 bits per heavy atom. The number of rotatable bonds is 8. The first kappa shape index (κ1) is 21.2. The smallest absolute Gasteiger partial charge is 0.246 e. The lowest BCUT2D eigenvalue weighted by Gasteiger charge is -2.16. The van der Waals surface area contributed by atoms with Gasteiger partial charge in [-0.3, -0.25) is 4.79 Å². The van der Waals surface area contributed by atoms with Crippen molar-refractivity contribution >= 4 is 33.2 Å². The number of aryl methyl sites for hydroxylation is 1. The average molecular weight is 411 g/mol. The van der Waals surface area contributed by atoms with Crippen molar-refractivity contribution in [2.24, 2.45) is 0 Å². The van der Waals surface area contributed by atoms with Gasteiger partial charge in [-0.25, -0.2) is 12.7 Å². The molecule has 2 aromatic rings. The minimum atomic E-state index is -3.71. The minimum Gasteiger partial charge on any atom is -0.492 e. The van der Waals surface area contributed by atoms with Crippen molar-refractivity contribution in [1.82, 2.24) is 4.31 Å². The van der Waals surface area contributed by atoms with E-state index in [2.05, 4.69) is 5.32 Å². The van der Waals surface area contributed by atoms with Crippen molar-refractivity contribution in [1.29, 1.82) is 0 Å². The van der Waals surface area contributed by atoms with Crippen LogP contribution < -0.4 is 10.1 Å². The number of nitrogens with zero attached hydrogens (tertiary/aromatic N) is 1. The van der Waals surface area contributed by atoms with Crippen molar-refractivity contribution in [3.8, 4) is 5.75 Å². The number of halogens is 1. The molecule has 0 saturated carbocycles.